The Labute approximate surface area is 179 Å². The number of nitrogens with zero attached hydrogens (tertiary/aromatic N) is 2. The largest absolute Gasteiger partial charge is 0.497 e. The van der Waals surface area contributed by atoms with Gasteiger partial charge in [0.2, 0.25) is 0 Å². The zero-order valence-electron chi connectivity index (χ0n) is 17.3. The van der Waals surface area contributed by atoms with Crippen LogP contribution in [0.3, 0.4) is 0 Å². The van der Waals surface area contributed by atoms with Crippen LogP contribution in [-0.4, -0.2) is 47.8 Å². The Bertz CT molecular complexity index is 1070. The molecule has 8 heteroatoms. The number of carbonyl (C=O) groups excluding carboxylic acids is 1. The Morgan fingerprint density at radius 2 is 1.90 bits per heavy atom. The fourth-order valence-electron chi connectivity index (χ4n) is 3.19. The number of methoxy groups -OCH3 is 2. The van der Waals surface area contributed by atoms with E-state index in [1.165, 1.54) is 7.11 Å². The molecule has 1 N–H and O–H groups in total. The minimum atomic E-state index is -0.477. The summed E-state index contributed by atoms with van der Waals surface area (Å²) in [5.41, 5.74) is 1.12. The van der Waals surface area contributed by atoms with Gasteiger partial charge in [-0.15, -0.1) is 0 Å². The van der Waals surface area contributed by atoms with Gasteiger partial charge in [0.25, 0.3) is 5.56 Å². The van der Waals surface area contributed by atoms with Crippen molar-refractivity contribution in [3.8, 4) is 11.4 Å². The van der Waals surface area contributed by atoms with Crippen LogP contribution in [0.4, 0.5) is 0 Å². The van der Waals surface area contributed by atoms with Gasteiger partial charge in [-0.1, -0.05) is 12.1 Å². The van der Waals surface area contributed by atoms with Crippen LogP contribution in [0.25, 0.3) is 16.6 Å². The van der Waals surface area contributed by atoms with Gasteiger partial charge < -0.3 is 9.47 Å². The highest BCUT2D eigenvalue weighted by molar-refractivity contribution is 7.98. The Morgan fingerprint density at radius 1 is 1.17 bits per heavy atom. The number of hydrogen-bond acceptors (Lipinski definition) is 7. The van der Waals surface area contributed by atoms with Crippen molar-refractivity contribution in [2.24, 2.45) is 0 Å². The number of benzene rings is 2. The zero-order chi connectivity index (χ0) is 21.5. The quantitative estimate of drug-likeness (QED) is 0.526. The van der Waals surface area contributed by atoms with Crippen molar-refractivity contribution in [2.45, 2.75) is 19.0 Å². The number of thioether (sulfide) groups is 1. The highest BCUT2D eigenvalue weighted by atomic mass is 32.2. The highest BCUT2D eigenvalue weighted by Crippen LogP contribution is 2.17. The van der Waals surface area contributed by atoms with Gasteiger partial charge in [0.05, 0.1) is 37.4 Å². The monoisotopic (exact) mass is 427 g/mol. The van der Waals surface area contributed by atoms with E-state index in [1.54, 1.807) is 41.6 Å². The molecular weight excluding hydrogens is 402 g/mol. The lowest BCUT2D eigenvalue weighted by molar-refractivity contribution is -0.143. The molecule has 1 unspecified atom stereocenters. The van der Waals surface area contributed by atoms with Crippen LogP contribution in [0, 0.1) is 0 Å². The first-order chi connectivity index (χ1) is 14.6. The summed E-state index contributed by atoms with van der Waals surface area (Å²) >= 11 is 1.66. The van der Waals surface area contributed by atoms with Crippen LogP contribution in [-0.2, 0) is 16.1 Å². The van der Waals surface area contributed by atoms with E-state index in [0.717, 1.165) is 5.75 Å². The molecule has 0 aliphatic heterocycles. The molecule has 7 nitrogen and oxygen atoms in total. The van der Waals surface area contributed by atoms with E-state index in [4.69, 9.17) is 14.5 Å². The normalized spacial score (nSPS) is 12.0. The van der Waals surface area contributed by atoms with E-state index in [-0.39, 0.29) is 18.1 Å². The Balaban J connectivity index is 2.03. The summed E-state index contributed by atoms with van der Waals surface area (Å²) in [4.78, 5) is 30.1. The molecule has 2 aromatic carbocycles. The highest BCUT2D eigenvalue weighted by Gasteiger charge is 2.20. The van der Waals surface area contributed by atoms with Crippen molar-refractivity contribution < 1.29 is 14.3 Å². The SMILES string of the molecule is COC(=O)C(CCSC)NCc1nc2ccccc2c(=O)n1-c1ccc(OC)cc1. The average Bonchev–Trinajstić information content (AvgIpc) is 2.79. The van der Waals surface area contributed by atoms with Crippen LogP contribution in [0.5, 0.6) is 5.75 Å². The summed E-state index contributed by atoms with van der Waals surface area (Å²) in [6.45, 7) is 0.236. The van der Waals surface area contributed by atoms with Gasteiger partial charge in [-0.25, -0.2) is 4.98 Å². The molecule has 1 heterocycles. The third-order valence-electron chi connectivity index (χ3n) is 4.78. The third-order valence-corrected chi connectivity index (χ3v) is 5.42. The lowest BCUT2D eigenvalue weighted by atomic mass is 10.2. The second kappa shape index (κ2) is 10.3. The molecule has 0 radical (unpaired) electrons. The minimum absolute atomic E-state index is 0.165. The number of aromatic nitrogens is 2. The third kappa shape index (κ3) is 4.83. The van der Waals surface area contributed by atoms with Gasteiger partial charge in [-0.2, -0.15) is 11.8 Å². The van der Waals surface area contributed by atoms with Crippen LogP contribution in [0.2, 0.25) is 0 Å². The van der Waals surface area contributed by atoms with Crippen LogP contribution >= 0.6 is 11.8 Å². The van der Waals surface area contributed by atoms with Crippen LogP contribution in [0.15, 0.2) is 53.3 Å². The number of fused-ring (bicyclic) bond motifs is 1. The van der Waals surface area contributed by atoms with Gasteiger partial charge >= 0.3 is 5.97 Å². The fourth-order valence-corrected chi connectivity index (χ4v) is 3.66. The molecule has 0 aliphatic rings. The standard InChI is InChI=1S/C22H25N3O4S/c1-28-16-10-8-15(9-11-16)25-20(14-23-19(12-13-30-3)22(27)29-2)24-18-7-5-4-6-17(18)21(25)26/h4-11,19,23H,12-14H2,1-3H3. The number of ether oxygens (including phenoxy) is 2. The van der Waals surface area contributed by atoms with Crippen molar-refractivity contribution >= 4 is 28.6 Å². The summed E-state index contributed by atoms with van der Waals surface area (Å²) in [6, 6.07) is 14.0. The predicted octanol–water partition coefficient (Wildman–Crippen LogP) is 2.78. The second-order valence-electron chi connectivity index (χ2n) is 6.62. The van der Waals surface area contributed by atoms with Crippen molar-refractivity contribution in [1.29, 1.82) is 0 Å². The van der Waals surface area contributed by atoms with E-state index >= 15 is 0 Å². The summed E-state index contributed by atoms with van der Waals surface area (Å²) in [6.07, 6.45) is 2.61. The summed E-state index contributed by atoms with van der Waals surface area (Å²) in [5, 5.41) is 3.74. The van der Waals surface area contributed by atoms with E-state index in [0.29, 0.717) is 34.6 Å². The van der Waals surface area contributed by atoms with E-state index in [2.05, 4.69) is 5.32 Å². The van der Waals surface area contributed by atoms with E-state index < -0.39 is 6.04 Å². The molecule has 0 saturated heterocycles. The van der Waals surface area contributed by atoms with Gasteiger partial charge in [-0.3, -0.25) is 19.5 Å². The smallest absolute Gasteiger partial charge is 0.322 e. The number of para-hydroxylation sites is 1. The van der Waals surface area contributed by atoms with Gasteiger partial charge in [0.15, 0.2) is 0 Å². The lowest BCUT2D eigenvalue weighted by Crippen LogP contribution is -2.39. The Hall–Kier alpha value is -2.84. The number of rotatable bonds is 9. The van der Waals surface area contributed by atoms with Crippen molar-refractivity contribution in [3.05, 3.63) is 64.7 Å². The molecule has 30 heavy (non-hydrogen) atoms. The summed E-state index contributed by atoms with van der Waals surface area (Å²) in [5.74, 6) is 1.69. The average molecular weight is 428 g/mol. The molecule has 1 aromatic heterocycles. The number of carbonyl (C=O) groups is 1. The number of esters is 1. The maximum absolute atomic E-state index is 13.3. The molecule has 0 bridgehead atoms. The molecule has 0 amide bonds. The molecule has 3 rings (SSSR count). The minimum Gasteiger partial charge on any atom is -0.497 e. The van der Waals surface area contributed by atoms with Crippen LogP contribution < -0.4 is 15.6 Å². The first-order valence-corrected chi connectivity index (χ1v) is 10.9. The predicted molar refractivity (Wildman–Crippen MR) is 120 cm³/mol. The topological polar surface area (TPSA) is 82.5 Å². The fraction of sp³-hybridized carbons (Fsp3) is 0.318. The summed E-state index contributed by atoms with van der Waals surface area (Å²) < 4.78 is 11.7. The zero-order valence-corrected chi connectivity index (χ0v) is 18.1. The van der Waals surface area contributed by atoms with E-state index in [9.17, 15) is 9.59 Å². The molecule has 3 aromatic rings. The van der Waals surface area contributed by atoms with Gasteiger partial charge in [-0.05, 0) is 54.8 Å². The lowest BCUT2D eigenvalue weighted by Gasteiger charge is -2.18. The molecule has 0 aliphatic carbocycles. The Morgan fingerprint density at radius 3 is 2.57 bits per heavy atom. The van der Waals surface area contributed by atoms with Crippen molar-refractivity contribution in [2.75, 3.05) is 26.2 Å². The molecule has 0 saturated carbocycles. The Kier molecular flexibility index (Phi) is 7.48. The second-order valence-corrected chi connectivity index (χ2v) is 7.61. The molecule has 0 spiro atoms. The van der Waals surface area contributed by atoms with Gasteiger partial charge in [0, 0.05) is 0 Å². The number of hydrogen-bond donors (Lipinski definition) is 1. The summed E-state index contributed by atoms with van der Waals surface area (Å²) in [7, 11) is 2.97. The first-order valence-electron chi connectivity index (χ1n) is 9.54. The van der Waals surface area contributed by atoms with Crippen molar-refractivity contribution in [1.82, 2.24) is 14.9 Å². The van der Waals surface area contributed by atoms with Crippen LogP contribution in [0.1, 0.15) is 12.2 Å². The van der Waals surface area contributed by atoms with Gasteiger partial charge in [0.1, 0.15) is 17.6 Å². The molecule has 158 valence electrons. The number of nitrogens with one attached hydrogen (secondary N) is 1. The molecular formula is C22H25N3O4S. The first kappa shape index (κ1) is 21.9. The molecule has 0 fully saturated rings. The maximum Gasteiger partial charge on any atom is 0.322 e. The van der Waals surface area contributed by atoms with E-state index in [1.807, 2.05) is 36.6 Å². The molecule has 1 atom stereocenters. The van der Waals surface area contributed by atoms with Crippen molar-refractivity contribution in [3.63, 3.8) is 0 Å². The maximum atomic E-state index is 13.3.